The molecule has 2 aliphatic rings. The van der Waals surface area contributed by atoms with Crippen LogP contribution >= 0.6 is 24.0 Å². The average molecular weight is 409 g/mol. The SMILES string of the molecule is Cc1ccccc1[C@@H]1[C@H]2CNC[C@H]2CN1C(=O)Cc1cc(F)cc(Cl)c1.Cl. The minimum Gasteiger partial charge on any atom is -0.335 e. The van der Waals surface area contributed by atoms with Gasteiger partial charge < -0.3 is 10.2 Å². The van der Waals surface area contributed by atoms with Crippen molar-refractivity contribution in [1.82, 2.24) is 10.2 Å². The first kappa shape index (κ1) is 20.1. The van der Waals surface area contributed by atoms with Crippen LogP contribution in [-0.2, 0) is 11.2 Å². The maximum Gasteiger partial charge on any atom is 0.227 e. The van der Waals surface area contributed by atoms with Gasteiger partial charge in [0, 0.05) is 30.6 Å². The largest absolute Gasteiger partial charge is 0.335 e. The minimum absolute atomic E-state index is 0. The maximum absolute atomic E-state index is 13.6. The second kappa shape index (κ2) is 8.17. The van der Waals surface area contributed by atoms with Crippen LogP contribution in [0.15, 0.2) is 42.5 Å². The summed E-state index contributed by atoms with van der Waals surface area (Å²) in [5, 5.41) is 3.79. The van der Waals surface area contributed by atoms with Crippen LogP contribution in [0, 0.1) is 24.6 Å². The lowest BCUT2D eigenvalue weighted by molar-refractivity contribution is -0.131. The van der Waals surface area contributed by atoms with Crippen molar-refractivity contribution in [1.29, 1.82) is 0 Å². The van der Waals surface area contributed by atoms with Gasteiger partial charge in [0.25, 0.3) is 0 Å². The molecule has 0 unspecified atom stereocenters. The third kappa shape index (κ3) is 3.98. The fraction of sp³-hybridized carbons (Fsp3) is 0.381. The van der Waals surface area contributed by atoms with E-state index in [9.17, 15) is 9.18 Å². The second-order valence-corrected chi connectivity index (χ2v) is 7.82. The van der Waals surface area contributed by atoms with E-state index >= 15 is 0 Å². The summed E-state index contributed by atoms with van der Waals surface area (Å²) in [6.07, 6.45) is 0.173. The fourth-order valence-corrected chi connectivity index (χ4v) is 4.73. The number of carbonyl (C=O) groups excluding carboxylic acids is 1. The van der Waals surface area contributed by atoms with Crippen molar-refractivity contribution in [3.05, 3.63) is 70.0 Å². The number of nitrogens with zero attached hydrogens (tertiary/aromatic N) is 1. The highest BCUT2D eigenvalue weighted by molar-refractivity contribution is 6.30. The van der Waals surface area contributed by atoms with E-state index in [2.05, 4.69) is 24.4 Å². The van der Waals surface area contributed by atoms with E-state index in [4.69, 9.17) is 11.6 Å². The normalized spacial score (nSPS) is 23.8. The van der Waals surface area contributed by atoms with Crippen molar-refractivity contribution in [2.45, 2.75) is 19.4 Å². The van der Waals surface area contributed by atoms with Crippen LogP contribution in [-0.4, -0.2) is 30.4 Å². The third-order valence-electron chi connectivity index (χ3n) is 5.67. The molecule has 0 spiro atoms. The molecule has 6 heteroatoms. The van der Waals surface area contributed by atoms with Gasteiger partial charge in [-0.3, -0.25) is 4.79 Å². The molecule has 0 bridgehead atoms. The zero-order valence-corrected chi connectivity index (χ0v) is 16.7. The molecule has 3 nitrogen and oxygen atoms in total. The van der Waals surface area contributed by atoms with E-state index in [0.717, 1.165) is 19.6 Å². The van der Waals surface area contributed by atoms with Gasteiger partial charge in [-0.25, -0.2) is 4.39 Å². The Kier molecular flexibility index (Phi) is 6.09. The van der Waals surface area contributed by atoms with Crippen molar-refractivity contribution in [2.75, 3.05) is 19.6 Å². The van der Waals surface area contributed by atoms with Crippen LogP contribution in [0.1, 0.15) is 22.7 Å². The molecule has 1 amide bonds. The molecule has 2 saturated heterocycles. The van der Waals surface area contributed by atoms with Gasteiger partial charge in [-0.1, -0.05) is 35.9 Å². The number of benzene rings is 2. The molecule has 0 aromatic heterocycles. The smallest absolute Gasteiger partial charge is 0.227 e. The van der Waals surface area contributed by atoms with Gasteiger partial charge >= 0.3 is 0 Å². The van der Waals surface area contributed by atoms with Crippen molar-refractivity contribution in [3.8, 4) is 0 Å². The van der Waals surface area contributed by atoms with E-state index in [1.807, 2.05) is 17.0 Å². The van der Waals surface area contributed by atoms with Gasteiger partial charge in [-0.15, -0.1) is 12.4 Å². The van der Waals surface area contributed by atoms with Crippen LogP contribution in [0.25, 0.3) is 0 Å². The molecule has 2 heterocycles. The topological polar surface area (TPSA) is 32.3 Å². The second-order valence-electron chi connectivity index (χ2n) is 7.38. The summed E-state index contributed by atoms with van der Waals surface area (Å²) in [6, 6.07) is 12.7. The van der Waals surface area contributed by atoms with Crippen LogP contribution in [0.4, 0.5) is 4.39 Å². The lowest BCUT2D eigenvalue weighted by Crippen LogP contribution is -2.36. The quantitative estimate of drug-likeness (QED) is 0.826. The molecule has 0 aliphatic carbocycles. The Hall–Kier alpha value is -1.62. The van der Waals surface area contributed by atoms with Gasteiger partial charge in [0.1, 0.15) is 5.82 Å². The van der Waals surface area contributed by atoms with Crippen LogP contribution in [0.5, 0.6) is 0 Å². The number of hydrogen-bond acceptors (Lipinski definition) is 2. The number of hydrogen-bond donors (Lipinski definition) is 1. The standard InChI is InChI=1S/C21H22ClFN2O.ClH/c1-13-4-2-3-5-18(13)21-19-11-24-10-15(19)12-25(21)20(26)8-14-6-16(22)9-17(23)7-14;/h2-7,9,15,19,21,24H,8,10-12H2,1H3;1H/t15-,19-,21+;/m0./s1. The lowest BCUT2D eigenvalue weighted by atomic mass is 9.87. The number of halogens is 3. The molecular formula is C21H23Cl2FN2O. The van der Waals surface area contributed by atoms with Crippen molar-refractivity contribution >= 4 is 29.9 Å². The van der Waals surface area contributed by atoms with Crippen LogP contribution in [0.2, 0.25) is 5.02 Å². The Morgan fingerprint density at radius 1 is 1.26 bits per heavy atom. The molecule has 2 aromatic carbocycles. The van der Waals surface area contributed by atoms with Crippen molar-refractivity contribution in [3.63, 3.8) is 0 Å². The summed E-state index contributed by atoms with van der Waals surface area (Å²) >= 11 is 5.94. The van der Waals surface area contributed by atoms with E-state index in [1.54, 1.807) is 6.07 Å². The van der Waals surface area contributed by atoms with E-state index < -0.39 is 5.82 Å². The average Bonchev–Trinajstić information content (AvgIpc) is 3.15. The number of carbonyl (C=O) groups is 1. The van der Waals surface area contributed by atoms with Crippen molar-refractivity contribution in [2.24, 2.45) is 11.8 Å². The molecule has 1 N–H and O–H groups in total. The Bertz CT molecular complexity index is 824. The molecular weight excluding hydrogens is 386 g/mol. The molecule has 144 valence electrons. The predicted molar refractivity (Wildman–Crippen MR) is 108 cm³/mol. The Labute approximate surface area is 170 Å². The summed E-state index contributed by atoms with van der Waals surface area (Å²) in [4.78, 5) is 15.1. The highest BCUT2D eigenvalue weighted by Gasteiger charge is 2.46. The van der Waals surface area contributed by atoms with Crippen molar-refractivity contribution < 1.29 is 9.18 Å². The molecule has 2 aliphatic heterocycles. The first-order chi connectivity index (χ1) is 12.5. The van der Waals surface area contributed by atoms with E-state index in [0.29, 0.717) is 22.4 Å². The number of likely N-dealkylation sites (tertiary alicyclic amines) is 1. The first-order valence-corrected chi connectivity index (χ1v) is 9.41. The molecule has 27 heavy (non-hydrogen) atoms. The highest BCUT2D eigenvalue weighted by Crippen LogP contribution is 2.43. The number of amides is 1. The lowest BCUT2D eigenvalue weighted by Gasteiger charge is -2.29. The summed E-state index contributed by atoms with van der Waals surface area (Å²) in [6.45, 7) is 4.72. The number of fused-ring (bicyclic) bond motifs is 1. The molecule has 0 radical (unpaired) electrons. The third-order valence-corrected chi connectivity index (χ3v) is 5.89. The monoisotopic (exact) mass is 408 g/mol. The van der Waals surface area contributed by atoms with Gasteiger partial charge in [0.15, 0.2) is 0 Å². The Morgan fingerprint density at radius 2 is 2.04 bits per heavy atom. The maximum atomic E-state index is 13.6. The van der Waals surface area contributed by atoms with Gasteiger partial charge in [0.2, 0.25) is 5.91 Å². The van der Waals surface area contributed by atoms with Crippen LogP contribution in [0.3, 0.4) is 0 Å². The molecule has 4 rings (SSSR count). The summed E-state index contributed by atoms with van der Waals surface area (Å²) in [7, 11) is 0. The number of aryl methyl sites for hydroxylation is 1. The number of rotatable bonds is 3. The highest BCUT2D eigenvalue weighted by atomic mass is 35.5. The van der Waals surface area contributed by atoms with E-state index in [1.165, 1.54) is 23.3 Å². The van der Waals surface area contributed by atoms with Crippen LogP contribution < -0.4 is 5.32 Å². The Balaban J connectivity index is 0.00000210. The Morgan fingerprint density at radius 3 is 2.78 bits per heavy atom. The van der Waals surface area contributed by atoms with Gasteiger partial charge in [-0.05, 0) is 47.7 Å². The predicted octanol–water partition coefficient (Wildman–Crippen LogP) is 4.17. The van der Waals surface area contributed by atoms with E-state index in [-0.39, 0.29) is 30.8 Å². The fourth-order valence-electron chi connectivity index (χ4n) is 4.48. The zero-order valence-electron chi connectivity index (χ0n) is 15.1. The molecule has 0 saturated carbocycles. The van der Waals surface area contributed by atoms with Gasteiger partial charge in [-0.2, -0.15) is 0 Å². The molecule has 2 fully saturated rings. The molecule has 2 aromatic rings. The zero-order chi connectivity index (χ0) is 18.3. The molecule has 3 atom stereocenters. The summed E-state index contributed by atoms with van der Waals surface area (Å²) in [5.74, 6) is 0.531. The summed E-state index contributed by atoms with van der Waals surface area (Å²) in [5.41, 5.74) is 3.05. The summed E-state index contributed by atoms with van der Waals surface area (Å²) < 4.78 is 13.6. The minimum atomic E-state index is -0.404. The first-order valence-electron chi connectivity index (χ1n) is 9.03. The number of nitrogens with one attached hydrogen (secondary N) is 1. The van der Waals surface area contributed by atoms with Gasteiger partial charge in [0.05, 0.1) is 12.5 Å².